The summed E-state index contributed by atoms with van der Waals surface area (Å²) in [5.41, 5.74) is 10.1. The molecule has 2 aromatic carbocycles. The van der Waals surface area contributed by atoms with Gasteiger partial charge < -0.3 is 15.4 Å². The third-order valence-electron chi connectivity index (χ3n) is 5.88. The first-order valence-electron chi connectivity index (χ1n) is 12.0. The number of hydrogen-bond acceptors (Lipinski definition) is 8. The molecule has 1 aliphatic rings. The number of carbonyl (C=O) groups is 1. The maximum Gasteiger partial charge on any atom is 0.258 e. The summed E-state index contributed by atoms with van der Waals surface area (Å²) in [5, 5.41) is 7.15. The minimum atomic E-state index is -0.165. The Bertz CT molecular complexity index is 1350. The molecule has 0 unspecified atom stereocenters. The number of amides is 1. The van der Waals surface area contributed by atoms with Crippen LogP contribution in [0.15, 0.2) is 67.0 Å². The van der Waals surface area contributed by atoms with Crippen molar-refractivity contribution in [3.8, 4) is 17.1 Å². The van der Waals surface area contributed by atoms with Crippen molar-refractivity contribution in [2.24, 2.45) is 0 Å². The highest BCUT2D eigenvalue weighted by atomic mass is 16.5. The SMILES string of the molecule is CC(C)NC(=O)COc1cccc(-c2nc(Nc3ccc(C4CNNC4)cc3)c3ccncc3n2)c1. The second-order valence-corrected chi connectivity index (χ2v) is 9.03. The lowest BCUT2D eigenvalue weighted by Crippen LogP contribution is -2.34. The third-order valence-corrected chi connectivity index (χ3v) is 5.88. The molecule has 0 spiro atoms. The monoisotopic (exact) mass is 483 g/mol. The van der Waals surface area contributed by atoms with Crippen molar-refractivity contribution in [3.63, 3.8) is 0 Å². The van der Waals surface area contributed by atoms with E-state index in [1.54, 1.807) is 12.4 Å². The third kappa shape index (κ3) is 5.59. The second kappa shape index (κ2) is 10.7. The van der Waals surface area contributed by atoms with E-state index < -0.39 is 0 Å². The Labute approximate surface area is 209 Å². The molecular weight excluding hydrogens is 454 g/mol. The molecule has 1 saturated heterocycles. The van der Waals surface area contributed by atoms with Gasteiger partial charge in [0.25, 0.3) is 5.91 Å². The molecule has 4 N–H and O–H groups in total. The average molecular weight is 484 g/mol. The molecule has 184 valence electrons. The van der Waals surface area contributed by atoms with Gasteiger partial charge in [0, 0.05) is 47.9 Å². The number of benzene rings is 2. The van der Waals surface area contributed by atoms with Crippen LogP contribution in [0.5, 0.6) is 5.75 Å². The Morgan fingerprint density at radius 3 is 2.67 bits per heavy atom. The zero-order chi connectivity index (χ0) is 24.9. The van der Waals surface area contributed by atoms with E-state index >= 15 is 0 Å². The fourth-order valence-electron chi connectivity index (χ4n) is 4.12. The van der Waals surface area contributed by atoms with Gasteiger partial charge in [0.1, 0.15) is 11.6 Å². The highest BCUT2D eigenvalue weighted by Crippen LogP contribution is 2.29. The van der Waals surface area contributed by atoms with Crippen molar-refractivity contribution in [2.75, 3.05) is 25.0 Å². The number of hydrogen-bond donors (Lipinski definition) is 4. The number of ether oxygens (including phenoxy) is 1. The number of anilines is 2. The number of fused-ring (bicyclic) bond motifs is 1. The van der Waals surface area contributed by atoms with Gasteiger partial charge in [-0.2, -0.15) is 0 Å². The van der Waals surface area contributed by atoms with Crippen LogP contribution in [0.4, 0.5) is 11.5 Å². The molecule has 0 aliphatic carbocycles. The van der Waals surface area contributed by atoms with Gasteiger partial charge in [-0.1, -0.05) is 24.3 Å². The summed E-state index contributed by atoms with van der Waals surface area (Å²) in [6.45, 7) is 5.61. The number of aromatic nitrogens is 3. The molecule has 3 heterocycles. The van der Waals surface area contributed by atoms with E-state index in [9.17, 15) is 4.79 Å². The van der Waals surface area contributed by atoms with Gasteiger partial charge in [0.2, 0.25) is 0 Å². The van der Waals surface area contributed by atoms with Crippen LogP contribution in [-0.2, 0) is 4.79 Å². The predicted molar refractivity (Wildman–Crippen MR) is 140 cm³/mol. The summed E-state index contributed by atoms with van der Waals surface area (Å²) in [7, 11) is 0. The molecule has 0 radical (unpaired) electrons. The van der Waals surface area contributed by atoms with E-state index in [-0.39, 0.29) is 18.6 Å². The molecular formula is C27H29N7O2. The topological polar surface area (TPSA) is 113 Å². The lowest BCUT2D eigenvalue weighted by Gasteiger charge is -2.13. The number of hydrazine groups is 1. The Kier molecular flexibility index (Phi) is 7.01. The van der Waals surface area contributed by atoms with Crippen LogP contribution in [0.25, 0.3) is 22.3 Å². The standard InChI is InChI=1S/C27H29N7O2/c1-17(2)31-25(35)16-36-22-5-3-4-19(12-22)26-33-24-15-28-11-10-23(24)27(34-26)32-21-8-6-18(7-9-21)20-13-29-30-14-20/h3-12,15,17,20,29-30H,13-14,16H2,1-2H3,(H,31,35)(H,32,33,34). The van der Waals surface area contributed by atoms with Gasteiger partial charge in [0.15, 0.2) is 12.4 Å². The molecule has 9 nitrogen and oxygen atoms in total. The maximum atomic E-state index is 12.0. The van der Waals surface area contributed by atoms with Crippen LogP contribution in [-0.4, -0.2) is 46.6 Å². The van der Waals surface area contributed by atoms with Crippen molar-refractivity contribution in [1.29, 1.82) is 0 Å². The van der Waals surface area contributed by atoms with Gasteiger partial charge in [-0.25, -0.2) is 9.97 Å². The quantitative estimate of drug-likeness (QED) is 0.301. The van der Waals surface area contributed by atoms with Gasteiger partial charge in [-0.05, 0) is 49.7 Å². The number of nitrogens with one attached hydrogen (secondary N) is 4. The summed E-state index contributed by atoms with van der Waals surface area (Å²) in [4.78, 5) is 25.8. The number of pyridine rings is 1. The van der Waals surface area contributed by atoms with Gasteiger partial charge in [-0.3, -0.25) is 20.6 Å². The Morgan fingerprint density at radius 2 is 1.89 bits per heavy atom. The average Bonchev–Trinajstić information content (AvgIpc) is 3.43. The van der Waals surface area contributed by atoms with Crippen molar-refractivity contribution in [3.05, 3.63) is 72.6 Å². The van der Waals surface area contributed by atoms with E-state index in [0.29, 0.717) is 23.3 Å². The molecule has 36 heavy (non-hydrogen) atoms. The van der Waals surface area contributed by atoms with Crippen molar-refractivity contribution in [1.82, 2.24) is 31.1 Å². The van der Waals surface area contributed by atoms with E-state index in [1.165, 1.54) is 5.56 Å². The molecule has 0 atom stereocenters. The Hall–Kier alpha value is -4.08. The van der Waals surface area contributed by atoms with E-state index in [0.717, 1.165) is 35.2 Å². The zero-order valence-corrected chi connectivity index (χ0v) is 20.3. The summed E-state index contributed by atoms with van der Waals surface area (Å²) in [5.74, 6) is 2.10. The Balaban J connectivity index is 1.40. The zero-order valence-electron chi connectivity index (χ0n) is 20.3. The number of rotatable bonds is 8. The Morgan fingerprint density at radius 1 is 1.08 bits per heavy atom. The van der Waals surface area contributed by atoms with E-state index in [2.05, 4.69) is 50.7 Å². The summed E-state index contributed by atoms with van der Waals surface area (Å²) in [6, 6.07) is 17.8. The number of carbonyl (C=O) groups excluding carboxylic acids is 1. The van der Waals surface area contributed by atoms with Crippen LogP contribution in [0.3, 0.4) is 0 Å². The first kappa shape index (κ1) is 23.7. The molecule has 1 amide bonds. The normalized spacial score (nSPS) is 13.8. The van der Waals surface area contributed by atoms with Gasteiger partial charge >= 0.3 is 0 Å². The smallest absolute Gasteiger partial charge is 0.258 e. The molecule has 4 aromatic rings. The molecule has 0 bridgehead atoms. The largest absolute Gasteiger partial charge is 0.484 e. The van der Waals surface area contributed by atoms with Crippen LogP contribution >= 0.6 is 0 Å². The second-order valence-electron chi connectivity index (χ2n) is 9.03. The molecule has 0 saturated carbocycles. The van der Waals surface area contributed by atoms with E-state index in [4.69, 9.17) is 14.7 Å². The van der Waals surface area contributed by atoms with Crippen molar-refractivity contribution < 1.29 is 9.53 Å². The van der Waals surface area contributed by atoms with Crippen LogP contribution in [0.1, 0.15) is 25.3 Å². The number of nitrogens with zero attached hydrogens (tertiary/aromatic N) is 3. The fourth-order valence-corrected chi connectivity index (χ4v) is 4.12. The van der Waals surface area contributed by atoms with Crippen molar-refractivity contribution in [2.45, 2.75) is 25.8 Å². The minimum absolute atomic E-state index is 0.0556. The highest BCUT2D eigenvalue weighted by Gasteiger charge is 2.16. The van der Waals surface area contributed by atoms with E-state index in [1.807, 2.05) is 44.2 Å². The van der Waals surface area contributed by atoms with Crippen LogP contribution < -0.4 is 26.2 Å². The maximum absolute atomic E-state index is 12.0. The first-order chi connectivity index (χ1) is 17.5. The lowest BCUT2D eigenvalue weighted by atomic mass is 10.0. The van der Waals surface area contributed by atoms with Gasteiger partial charge in [0.05, 0.1) is 11.7 Å². The molecule has 2 aromatic heterocycles. The summed E-state index contributed by atoms with van der Waals surface area (Å²) >= 11 is 0. The first-order valence-corrected chi connectivity index (χ1v) is 12.0. The molecule has 9 heteroatoms. The molecule has 1 fully saturated rings. The van der Waals surface area contributed by atoms with Crippen molar-refractivity contribution >= 4 is 28.3 Å². The summed E-state index contributed by atoms with van der Waals surface area (Å²) in [6.07, 6.45) is 3.46. The molecule has 5 rings (SSSR count). The predicted octanol–water partition coefficient (Wildman–Crippen LogP) is 3.53. The lowest BCUT2D eigenvalue weighted by molar-refractivity contribution is -0.123. The van der Waals surface area contributed by atoms with Crippen LogP contribution in [0, 0.1) is 0 Å². The minimum Gasteiger partial charge on any atom is -0.484 e. The highest BCUT2D eigenvalue weighted by molar-refractivity contribution is 5.91. The molecule has 1 aliphatic heterocycles. The fraction of sp³-hybridized carbons (Fsp3) is 0.259. The van der Waals surface area contributed by atoms with Crippen LogP contribution in [0.2, 0.25) is 0 Å². The van der Waals surface area contributed by atoms with Gasteiger partial charge in [-0.15, -0.1) is 0 Å². The summed E-state index contributed by atoms with van der Waals surface area (Å²) < 4.78 is 5.69.